The lowest BCUT2D eigenvalue weighted by Crippen LogP contribution is -2.48. The third-order valence-electron chi connectivity index (χ3n) is 2.59. The van der Waals surface area contributed by atoms with Crippen LogP contribution >= 0.6 is 0 Å². The van der Waals surface area contributed by atoms with Crippen molar-refractivity contribution in [3.05, 3.63) is 12.2 Å². The summed E-state index contributed by atoms with van der Waals surface area (Å²) in [4.78, 5) is 32.7. The smallest absolute Gasteiger partial charge is 0.326 e. The van der Waals surface area contributed by atoms with Gasteiger partial charge >= 0.3 is 18.0 Å². The maximum absolute atomic E-state index is 11.5. The molecule has 18 heavy (non-hydrogen) atoms. The van der Waals surface area contributed by atoms with Crippen molar-refractivity contribution in [1.82, 2.24) is 10.6 Å². The van der Waals surface area contributed by atoms with Gasteiger partial charge in [0.15, 0.2) is 0 Å². The van der Waals surface area contributed by atoms with Crippen molar-refractivity contribution in [1.29, 1.82) is 0 Å². The summed E-state index contributed by atoms with van der Waals surface area (Å²) in [5, 5.41) is 22.2. The average Bonchev–Trinajstić information content (AvgIpc) is 2.76. The number of hydrogen-bond donors (Lipinski definition) is 4. The lowest BCUT2D eigenvalue weighted by Gasteiger charge is -2.17. The highest BCUT2D eigenvalue weighted by Crippen LogP contribution is 2.08. The Balaban J connectivity index is 2.37. The van der Waals surface area contributed by atoms with E-state index in [0.717, 1.165) is 12.8 Å². The predicted molar refractivity (Wildman–Crippen MR) is 62.1 cm³/mol. The highest BCUT2D eigenvalue weighted by Gasteiger charge is 2.22. The number of hydrogen-bond acceptors (Lipinski definition) is 3. The second-order valence-corrected chi connectivity index (χ2v) is 4.08. The second kappa shape index (κ2) is 6.63. The molecule has 0 saturated carbocycles. The van der Waals surface area contributed by atoms with Gasteiger partial charge in [-0.3, -0.25) is 4.79 Å². The van der Waals surface area contributed by atoms with E-state index >= 15 is 0 Å². The van der Waals surface area contributed by atoms with Gasteiger partial charge in [-0.05, 0) is 19.3 Å². The number of rotatable bonds is 6. The molecular weight excluding hydrogens is 240 g/mol. The van der Waals surface area contributed by atoms with Gasteiger partial charge in [0.25, 0.3) is 0 Å². The molecule has 1 aliphatic carbocycles. The molecule has 0 unspecified atom stereocenters. The van der Waals surface area contributed by atoms with Crippen LogP contribution in [0.15, 0.2) is 12.2 Å². The fourth-order valence-corrected chi connectivity index (χ4v) is 1.65. The first-order valence-corrected chi connectivity index (χ1v) is 5.65. The lowest BCUT2D eigenvalue weighted by molar-refractivity contribution is -0.140. The van der Waals surface area contributed by atoms with Crippen molar-refractivity contribution in [2.75, 3.05) is 0 Å². The monoisotopic (exact) mass is 256 g/mol. The van der Waals surface area contributed by atoms with Crippen molar-refractivity contribution < 1.29 is 24.6 Å². The molecule has 0 radical (unpaired) electrons. The summed E-state index contributed by atoms with van der Waals surface area (Å²) in [5.74, 6) is -2.33. The summed E-state index contributed by atoms with van der Waals surface area (Å²) in [5.41, 5.74) is 0. The molecule has 0 aromatic heterocycles. The van der Waals surface area contributed by atoms with Gasteiger partial charge in [-0.15, -0.1) is 0 Å². The Bertz CT molecular complexity index is 358. The molecule has 2 amide bonds. The molecule has 1 atom stereocenters. The van der Waals surface area contributed by atoms with Crippen molar-refractivity contribution >= 4 is 18.0 Å². The van der Waals surface area contributed by atoms with E-state index in [2.05, 4.69) is 10.6 Å². The highest BCUT2D eigenvalue weighted by molar-refractivity contribution is 5.83. The molecule has 7 nitrogen and oxygen atoms in total. The van der Waals surface area contributed by atoms with Gasteiger partial charge < -0.3 is 20.8 Å². The van der Waals surface area contributed by atoms with Crippen LogP contribution in [0.4, 0.5) is 4.79 Å². The summed E-state index contributed by atoms with van der Waals surface area (Å²) in [6.45, 7) is 0. The summed E-state index contributed by atoms with van der Waals surface area (Å²) >= 11 is 0. The van der Waals surface area contributed by atoms with Crippen molar-refractivity contribution in [2.45, 2.75) is 37.8 Å². The molecule has 0 saturated heterocycles. The minimum absolute atomic E-state index is 0.0149. The predicted octanol–water partition coefficient (Wildman–Crippen LogP) is 0.322. The molecule has 0 aromatic carbocycles. The topological polar surface area (TPSA) is 116 Å². The first-order chi connectivity index (χ1) is 8.49. The number of nitrogens with one attached hydrogen (secondary N) is 2. The first-order valence-electron chi connectivity index (χ1n) is 5.65. The Morgan fingerprint density at radius 3 is 2.33 bits per heavy atom. The Labute approximate surface area is 104 Å². The van der Waals surface area contributed by atoms with Crippen LogP contribution in [0.5, 0.6) is 0 Å². The van der Waals surface area contributed by atoms with Gasteiger partial charge in [0.2, 0.25) is 0 Å². The fraction of sp³-hybridized carbons (Fsp3) is 0.545. The van der Waals surface area contributed by atoms with E-state index in [1.807, 2.05) is 12.2 Å². The maximum atomic E-state index is 11.5. The Hall–Kier alpha value is -2.05. The number of carboxylic acids is 2. The van der Waals surface area contributed by atoms with Crippen LogP contribution in [0, 0.1) is 0 Å². The minimum atomic E-state index is -1.24. The SMILES string of the molecule is O=C(O)CC[C@H](NC(=O)NC1CC=CC1)C(=O)O. The van der Waals surface area contributed by atoms with Crippen LogP contribution in [-0.2, 0) is 9.59 Å². The largest absolute Gasteiger partial charge is 0.481 e. The van der Waals surface area contributed by atoms with Gasteiger partial charge in [-0.25, -0.2) is 9.59 Å². The van der Waals surface area contributed by atoms with Gasteiger partial charge in [0.05, 0.1) is 0 Å². The van der Waals surface area contributed by atoms with E-state index in [9.17, 15) is 14.4 Å². The van der Waals surface area contributed by atoms with E-state index in [-0.39, 0.29) is 18.9 Å². The molecule has 7 heteroatoms. The number of urea groups is 1. The maximum Gasteiger partial charge on any atom is 0.326 e. The van der Waals surface area contributed by atoms with Crippen molar-refractivity contribution in [3.63, 3.8) is 0 Å². The Morgan fingerprint density at radius 1 is 1.22 bits per heavy atom. The Morgan fingerprint density at radius 2 is 1.83 bits per heavy atom. The molecular formula is C11H16N2O5. The molecule has 100 valence electrons. The third-order valence-corrected chi connectivity index (χ3v) is 2.59. The summed E-state index contributed by atoms with van der Waals surface area (Å²) in [6, 6.07) is -1.78. The minimum Gasteiger partial charge on any atom is -0.481 e. The summed E-state index contributed by atoms with van der Waals surface area (Å²) in [7, 11) is 0. The molecule has 0 bridgehead atoms. The van der Waals surface area contributed by atoms with Crippen LogP contribution in [0.3, 0.4) is 0 Å². The molecule has 0 spiro atoms. The average molecular weight is 256 g/mol. The molecule has 1 aliphatic rings. The van der Waals surface area contributed by atoms with Gasteiger partial charge in [0.1, 0.15) is 6.04 Å². The van der Waals surface area contributed by atoms with Gasteiger partial charge in [-0.2, -0.15) is 0 Å². The second-order valence-electron chi connectivity index (χ2n) is 4.08. The first kappa shape index (κ1) is 14.0. The Kier molecular flexibility index (Phi) is 5.16. The van der Waals surface area contributed by atoms with E-state index in [4.69, 9.17) is 10.2 Å². The quantitative estimate of drug-likeness (QED) is 0.511. The van der Waals surface area contributed by atoms with Crippen molar-refractivity contribution in [3.8, 4) is 0 Å². The van der Waals surface area contributed by atoms with Crippen LogP contribution < -0.4 is 10.6 Å². The zero-order chi connectivity index (χ0) is 13.5. The zero-order valence-electron chi connectivity index (χ0n) is 9.76. The fourth-order valence-electron chi connectivity index (χ4n) is 1.65. The zero-order valence-corrected chi connectivity index (χ0v) is 9.76. The molecule has 0 aliphatic heterocycles. The highest BCUT2D eigenvalue weighted by atomic mass is 16.4. The number of amides is 2. The molecule has 0 aromatic rings. The lowest BCUT2D eigenvalue weighted by atomic mass is 10.1. The number of carboxylic acid groups (broad SMARTS) is 2. The number of aliphatic carboxylic acids is 2. The molecule has 4 N–H and O–H groups in total. The van der Waals surface area contributed by atoms with Crippen LogP contribution in [0.2, 0.25) is 0 Å². The van der Waals surface area contributed by atoms with E-state index < -0.39 is 24.0 Å². The van der Waals surface area contributed by atoms with Crippen LogP contribution in [0.1, 0.15) is 25.7 Å². The van der Waals surface area contributed by atoms with E-state index in [0.29, 0.717) is 0 Å². The van der Waals surface area contributed by atoms with Crippen molar-refractivity contribution in [2.24, 2.45) is 0 Å². The summed E-state index contributed by atoms with van der Waals surface area (Å²) < 4.78 is 0. The molecule has 1 rings (SSSR count). The van der Waals surface area contributed by atoms with Crippen LogP contribution in [0.25, 0.3) is 0 Å². The third kappa shape index (κ3) is 4.86. The summed E-state index contributed by atoms with van der Waals surface area (Å²) in [6.07, 6.45) is 4.87. The number of carbonyl (C=O) groups excluding carboxylic acids is 1. The van der Waals surface area contributed by atoms with Gasteiger partial charge in [0, 0.05) is 12.5 Å². The van der Waals surface area contributed by atoms with Gasteiger partial charge in [-0.1, -0.05) is 12.2 Å². The van der Waals surface area contributed by atoms with E-state index in [1.54, 1.807) is 0 Å². The van der Waals surface area contributed by atoms with E-state index in [1.165, 1.54) is 0 Å². The number of carbonyl (C=O) groups is 3. The standard InChI is InChI=1S/C11H16N2O5/c14-9(15)6-5-8(10(16)17)13-11(18)12-7-3-1-2-4-7/h1-2,7-8H,3-6H2,(H,14,15)(H,16,17)(H2,12,13,18)/t8-/m0/s1. The normalized spacial score (nSPS) is 16.2. The van der Waals surface area contributed by atoms with Crippen LogP contribution in [-0.4, -0.2) is 40.3 Å². The molecule has 0 heterocycles. The molecule has 0 fully saturated rings.